The molecule has 0 spiro atoms. The fourth-order valence-corrected chi connectivity index (χ4v) is 3.18. The van der Waals surface area contributed by atoms with Crippen LogP contribution in [-0.4, -0.2) is 11.8 Å². The fourth-order valence-electron chi connectivity index (χ4n) is 2.28. The van der Waals surface area contributed by atoms with Crippen LogP contribution in [0.4, 0.5) is 0 Å². The first kappa shape index (κ1) is 17.5. The third kappa shape index (κ3) is 5.37. The van der Waals surface area contributed by atoms with E-state index in [1.807, 2.05) is 36.6 Å². The number of carbonyl (C=O) groups excluding carboxylic acids is 2. The van der Waals surface area contributed by atoms with Crippen molar-refractivity contribution < 1.29 is 9.59 Å². The van der Waals surface area contributed by atoms with Crippen LogP contribution in [0.3, 0.4) is 0 Å². The smallest absolute Gasteiger partial charge is 0.222 e. The number of thiophene rings is 1. The summed E-state index contributed by atoms with van der Waals surface area (Å²) >= 11 is 7.39. The maximum Gasteiger partial charge on any atom is 0.222 e. The van der Waals surface area contributed by atoms with Crippen molar-refractivity contribution in [1.82, 2.24) is 10.6 Å². The largest absolute Gasteiger partial charge is 0.350 e. The second-order valence-corrected chi connectivity index (χ2v) is 6.73. The molecule has 4 nitrogen and oxygen atoms in total. The van der Waals surface area contributed by atoms with Gasteiger partial charge in [-0.25, -0.2) is 0 Å². The Morgan fingerprint density at radius 2 is 1.87 bits per heavy atom. The molecule has 2 unspecified atom stereocenters. The van der Waals surface area contributed by atoms with Gasteiger partial charge in [-0.15, -0.1) is 11.3 Å². The van der Waals surface area contributed by atoms with Crippen LogP contribution in [0.15, 0.2) is 41.8 Å². The minimum atomic E-state index is -0.301. The molecule has 2 N–H and O–H groups in total. The number of nitrogens with one attached hydrogen (secondary N) is 2. The number of rotatable bonds is 6. The Morgan fingerprint density at radius 3 is 2.43 bits per heavy atom. The molecule has 2 amide bonds. The molecular formula is C17H19ClN2O2S. The first-order chi connectivity index (χ1) is 11.0. The number of amides is 2. The van der Waals surface area contributed by atoms with Gasteiger partial charge in [-0.3, -0.25) is 9.59 Å². The average Bonchev–Trinajstić information content (AvgIpc) is 3.00. The molecule has 0 saturated carbocycles. The van der Waals surface area contributed by atoms with Gasteiger partial charge in [0.1, 0.15) is 0 Å². The molecule has 2 rings (SSSR count). The summed E-state index contributed by atoms with van der Waals surface area (Å²) < 4.78 is 0. The van der Waals surface area contributed by atoms with Crippen LogP contribution in [0.5, 0.6) is 0 Å². The van der Waals surface area contributed by atoms with E-state index in [9.17, 15) is 9.59 Å². The number of carbonyl (C=O) groups is 2. The summed E-state index contributed by atoms with van der Waals surface area (Å²) in [5, 5.41) is 8.37. The van der Waals surface area contributed by atoms with Crippen molar-refractivity contribution in [1.29, 1.82) is 0 Å². The molecule has 2 atom stereocenters. The van der Waals surface area contributed by atoms with E-state index in [1.54, 1.807) is 12.1 Å². The SMILES string of the molecule is CC(=O)NC(CC(=O)NC(C)c1ccc(Cl)cc1)c1cccs1. The summed E-state index contributed by atoms with van der Waals surface area (Å²) in [6, 6.07) is 10.8. The van der Waals surface area contributed by atoms with Crippen LogP contribution in [0, 0.1) is 0 Å². The molecule has 1 aromatic heterocycles. The molecule has 0 bridgehead atoms. The van der Waals surface area contributed by atoms with Gasteiger partial charge in [0.25, 0.3) is 0 Å². The molecule has 0 fully saturated rings. The topological polar surface area (TPSA) is 58.2 Å². The second-order valence-electron chi connectivity index (χ2n) is 5.31. The minimum absolute atomic E-state index is 0.111. The highest BCUT2D eigenvalue weighted by Crippen LogP contribution is 2.23. The van der Waals surface area contributed by atoms with Crippen molar-refractivity contribution in [2.45, 2.75) is 32.4 Å². The van der Waals surface area contributed by atoms with Crippen molar-refractivity contribution in [3.8, 4) is 0 Å². The highest BCUT2D eigenvalue weighted by molar-refractivity contribution is 7.10. The monoisotopic (exact) mass is 350 g/mol. The van der Waals surface area contributed by atoms with Crippen molar-refractivity contribution in [2.75, 3.05) is 0 Å². The Bertz CT molecular complexity index is 656. The predicted octanol–water partition coefficient (Wildman–Crippen LogP) is 3.85. The zero-order chi connectivity index (χ0) is 16.8. The van der Waals surface area contributed by atoms with Crippen LogP contribution >= 0.6 is 22.9 Å². The summed E-state index contributed by atoms with van der Waals surface area (Å²) in [6.45, 7) is 3.37. The van der Waals surface area contributed by atoms with Gasteiger partial charge in [0.15, 0.2) is 0 Å². The van der Waals surface area contributed by atoms with Crippen LogP contribution < -0.4 is 10.6 Å². The normalized spacial score (nSPS) is 13.2. The number of hydrogen-bond acceptors (Lipinski definition) is 3. The maximum atomic E-state index is 12.3. The van der Waals surface area contributed by atoms with E-state index in [0.29, 0.717) is 5.02 Å². The molecule has 6 heteroatoms. The molecule has 1 aromatic carbocycles. The molecule has 2 aromatic rings. The molecule has 0 radical (unpaired) electrons. The Morgan fingerprint density at radius 1 is 1.17 bits per heavy atom. The van der Waals surface area contributed by atoms with Crippen LogP contribution in [0.2, 0.25) is 5.02 Å². The molecule has 0 aliphatic heterocycles. The van der Waals surface area contributed by atoms with Gasteiger partial charge in [-0.05, 0) is 36.1 Å². The van der Waals surface area contributed by atoms with Crippen LogP contribution in [0.25, 0.3) is 0 Å². The first-order valence-electron chi connectivity index (χ1n) is 7.31. The van der Waals surface area contributed by atoms with E-state index in [1.165, 1.54) is 18.3 Å². The lowest BCUT2D eigenvalue weighted by atomic mass is 10.1. The fraction of sp³-hybridized carbons (Fsp3) is 0.294. The molecule has 0 aliphatic carbocycles. The van der Waals surface area contributed by atoms with Crippen LogP contribution in [-0.2, 0) is 9.59 Å². The molecule has 0 aliphatic rings. The van der Waals surface area contributed by atoms with E-state index < -0.39 is 0 Å². The minimum Gasteiger partial charge on any atom is -0.350 e. The van der Waals surface area contributed by atoms with E-state index in [4.69, 9.17) is 11.6 Å². The van der Waals surface area contributed by atoms with E-state index >= 15 is 0 Å². The summed E-state index contributed by atoms with van der Waals surface area (Å²) in [5.74, 6) is -0.262. The van der Waals surface area contributed by atoms with Gasteiger partial charge >= 0.3 is 0 Å². The van der Waals surface area contributed by atoms with Gasteiger partial charge in [0.2, 0.25) is 11.8 Å². The van der Waals surface area contributed by atoms with Gasteiger partial charge in [0.05, 0.1) is 18.5 Å². The van der Waals surface area contributed by atoms with Gasteiger partial charge in [-0.1, -0.05) is 29.8 Å². The standard InChI is InChI=1S/C17H19ClN2O2S/c1-11(13-5-7-14(18)8-6-13)19-17(22)10-15(20-12(2)21)16-4-3-9-23-16/h3-9,11,15H,10H2,1-2H3,(H,19,22)(H,20,21). The highest BCUT2D eigenvalue weighted by Gasteiger charge is 2.19. The molecule has 1 heterocycles. The quantitative estimate of drug-likeness (QED) is 0.831. The average molecular weight is 351 g/mol. The summed E-state index contributed by atoms with van der Waals surface area (Å²) in [4.78, 5) is 24.6. The van der Waals surface area contributed by atoms with Gasteiger partial charge in [0, 0.05) is 16.8 Å². The zero-order valence-electron chi connectivity index (χ0n) is 13.0. The summed E-state index contributed by atoms with van der Waals surface area (Å²) in [7, 11) is 0. The van der Waals surface area contributed by atoms with E-state index in [2.05, 4.69) is 10.6 Å². The second kappa shape index (κ2) is 8.13. The third-order valence-corrected chi connectivity index (χ3v) is 4.64. The number of hydrogen-bond donors (Lipinski definition) is 2. The molecule has 23 heavy (non-hydrogen) atoms. The Labute approximate surface area is 144 Å². The Balaban J connectivity index is 1.98. The summed E-state index contributed by atoms with van der Waals surface area (Å²) in [6.07, 6.45) is 0.206. The predicted molar refractivity (Wildman–Crippen MR) is 93.5 cm³/mol. The summed E-state index contributed by atoms with van der Waals surface area (Å²) in [5.41, 5.74) is 0.981. The van der Waals surface area contributed by atoms with Crippen molar-refractivity contribution >= 4 is 34.8 Å². The van der Waals surface area contributed by atoms with Gasteiger partial charge in [-0.2, -0.15) is 0 Å². The third-order valence-electron chi connectivity index (χ3n) is 3.40. The van der Waals surface area contributed by atoms with Crippen molar-refractivity contribution in [3.05, 3.63) is 57.2 Å². The number of benzene rings is 1. The molecular weight excluding hydrogens is 332 g/mol. The first-order valence-corrected chi connectivity index (χ1v) is 8.57. The van der Waals surface area contributed by atoms with E-state index in [-0.39, 0.29) is 30.3 Å². The number of halogens is 1. The zero-order valence-corrected chi connectivity index (χ0v) is 14.6. The lowest BCUT2D eigenvalue weighted by molar-refractivity contribution is -0.123. The molecule has 122 valence electrons. The molecule has 0 saturated heterocycles. The van der Waals surface area contributed by atoms with E-state index in [0.717, 1.165) is 10.4 Å². The van der Waals surface area contributed by atoms with Crippen molar-refractivity contribution in [3.63, 3.8) is 0 Å². The van der Waals surface area contributed by atoms with Gasteiger partial charge < -0.3 is 10.6 Å². The maximum absolute atomic E-state index is 12.3. The van der Waals surface area contributed by atoms with Crippen molar-refractivity contribution in [2.24, 2.45) is 0 Å². The Kier molecular flexibility index (Phi) is 6.19. The van der Waals surface area contributed by atoms with Crippen LogP contribution in [0.1, 0.15) is 42.8 Å². The lowest BCUT2D eigenvalue weighted by Crippen LogP contribution is -2.33. The Hall–Kier alpha value is -1.85. The lowest BCUT2D eigenvalue weighted by Gasteiger charge is -2.19. The highest BCUT2D eigenvalue weighted by atomic mass is 35.5.